The lowest BCUT2D eigenvalue weighted by Gasteiger charge is -2.27. The highest BCUT2D eigenvalue weighted by Gasteiger charge is 2.58. The molecule has 0 aromatic carbocycles. The zero-order valence-corrected chi connectivity index (χ0v) is 33.2. The number of phosphoric acid groups is 3. The fourth-order valence-corrected chi connectivity index (χ4v) is 10.2. The van der Waals surface area contributed by atoms with Crippen molar-refractivity contribution in [3.8, 4) is 0 Å². The van der Waals surface area contributed by atoms with Gasteiger partial charge >= 0.3 is 23.5 Å². The molecule has 4 aromatic heterocycles. The van der Waals surface area contributed by atoms with Gasteiger partial charge in [-0.2, -0.15) is 18.5 Å². The SMILES string of the molecule is [3H]P.[N-]=[N+]=N[C@]1(CO)O[C@@H](c2csc3c(N)ncnc23)[C@H](F)[C@@H]1O.[N-]=[N+]=N[C@]1(COP(=O)(O)OP(=O)(O)OP(=O)(O)O)O[C@@H](c2csc3c(N)ncnc23)[C@H](F)[C@@H]1O. The summed E-state index contributed by atoms with van der Waals surface area (Å²) in [5.41, 5.74) is 25.1. The topological polar surface area (TPSA) is 440 Å². The molecular formula is C22H28F2N12O15P4S2. The van der Waals surface area contributed by atoms with E-state index in [1.54, 1.807) is 15.2 Å². The molecule has 2 saturated heterocycles. The first-order chi connectivity index (χ1) is 27.1. The first-order valence-corrected chi connectivity index (χ1v) is 20.9. The zero-order chi connectivity index (χ0) is 43.4. The van der Waals surface area contributed by atoms with Crippen molar-refractivity contribution in [1.82, 2.24) is 19.9 Å². The van der Waals surface area contributed by atoms with Crippen LogP contribution in [0.25, 0.3) is 41.3 Å². The van der Waals surface area contributed by atoms with Gasteiger partial charge in [0.1, 0.15) is 48.7 Å². The van der Waals surface area contributed by atoms with Crippen LogP contribution >= 0.6 is 56.0 Å². The zero-order valence-electron chi connectivity index (χ0n) is 28.7. The van der Waals surface area contributed by atoms with Crippen molar-refractivity contribution in [3.05, 3.63) is 55.4 Å². The minimum Gasteiger partial charge on any atom is -0.393 e. The van der Waals surface area contributed by atoms with Crippen molar-refractivity contribution in [1.29, 1.82) is 1.28 Å². The summed E-state index contributed by atoms with van der Waals surface area (Å²) in [5, 5.41) is 39.0. The van der Waals surface area contributed by atoms with Gasteiger partial charge in [-0.25, -0.2) is 42.4 Å². The Morgan fingerprint density at radius 1 is 0.842 bits per heavy atom. The Kier molecular flexibility index (Phi) is 13.8. The molecule has 0 amide bonds. The van der Waals surface area contributed by atoms with Gasteiger partial charge in [0.15, 0.2) is 23.8 Å². The van der Waals surface area contributed by atoms with E-state index in [1.807, 2.05) is 0 Å². The summed E-state index contributed by atoms with van der Waals surface area (Å²) in [4.78, 5) is 56.4. The van der Waals surface area contributed by atoms with E-state index in [9.17, 15) is 43.2 Å². The number of alkyl halides is 2. The maximum absolute atomic E-state index is 15.0. The number of aromatic nitrogens is 4. The van der Waals surface area contributed by atoms with E-state index < -0.39 is 84.9 Å². The number of hydrogen-bond donors (Lipinski definition) is 9. The van der Waals surface area contributed by atoms with Crippen LogP contribution in [-0.2, 0) is 36.3 Å². The number of thiophene rings is 2. The number of ether oxygens (including phenoxy) is 2. The van der Waals surface area contributed by atoms with Gasteiger partial charge in [0, 0.05) is 21.0 Å². The second-order valence-electron chi connectivity index (χ2n) is 11.2. The Morgan fingerprint density at radius 2 is 1.28 bits per heavy atom. The number of nitrogens with two attached hydrogens (primary N) is 2. The second kappa shape index (κ2) is 17.6. The molecule has 3 unspecified atom stereocenters. The average Bonchev–Trinajstić information content (AvgIpc) is 3.89. The van der Waals surface area contributed by atoms with Crippen LogP contribution in [0.15, 0.2) is 33.6 Å². The van der Waals surface area contributed by atoms with Crippen LogP contribution in [0.1, 0.15) is 23.3 Å². The first-order valence-electron chi connectivity index (χ1n) is 15.2. The molecule has 6 heterocycles. The van der Waals surface area contributed by atoms with Crippen LogP contribution in [0.2, 0.25) is 0 Å². The van der Waals surface area contributed by atoms with E-state index >= 15 is 4.39 Å². The summed E-state index contributed by atoms with van der Waals surface area (Å²) in [6.45, 7) is -2.27. The van der Waals surface area contributed by atoms with E-state index in [0.29, 0.717) is 20.5 Å². The van der Waals surface area contributed by atoms with Crippen molar-refractivity contribution >= 4 is 88.1 Å². The Morgan fingerprint density at radius 3 is 1.72 bits per heavy atom. The predicted molar refractivity (Wildman–Crippen MR) is 195 cm³/mol. The summed E-state index contributed by atoms with van der Waals surface area (Å²) >= 11 is 2.23. The van der Waals surface area contributed by atoms with Crippen molar-refractivity contribution in [2.45, 2.75) is 48.2 Å². The second-order valence-corrected chi connectivity index (χ2v) is 17.4. The van der Waals surface area contributed by atoms with Crippen molar-refractivity contribution in [3.63, 3.8) is 0 Å². The number of aliphatic hydroxyl groups is 3. The molecule has 2 aliphatic rings. The highest BCUT2D eigenvalue weighted by Crippen LogP contribution is 2.66. The van der Waals surface area contributed by atoms with Gasteiger partial charge < -0.3 is 55.8 Å². The molecule has 27 nitrogen and oxygen atoms in total. The molecule has 6 rings (SSSR count). The lowest BCUT2D eigenvalue weighted by molar-refractivity contribution is -0.107. The number of aliphatic hydroxyl groups excluding tert-OH is 3. The quantitative estimate of drug-likeness (QED) is 0.0426. The summed E-state index contributed by atoms with van der Waals surface area (Å²) in [7, 11) is -15.5. The van der Waals surface area contributed by atoms with Gasteiger partial charge in [-0.3, -0.25) is 4.52 Å². The molecule has 0 radical (unpaired) electrons. The smallest absolute Gasteiger partial charge is 0.393 e. The number of nitrogen functional groups attached to an aromatic ring is 2. The summed E-state index contributed by atoms with van der Waals surface area (Å²) < 4.78 is 92.4. The van der Waals surface area contributed by atoms with Crippen molar-refractivity contribution in [2.75, 3.05) is 24.7 Å². The molecule has 11 atom stereocenters. The van der Waals surface area contributed by atoms with Crippen molar-refractivity contribution < 1.29 is 80.0 Å². The van der Waals surface area contributed by atoms with Gasteiger partial charge in [0.25, 0.3) is 0 Å². The van der Waals surface area contributed by atoms with Crippen LogP contribution in [0.5, 0.6) is 0 Å². The van der Waals surface area contributed by atoms with E-state index in [2.05, 4.69) is 53.1 Å². The minimum absolute atomic E-state index is 0.0639. The fraction of sp³-hybridized carbons (Fsp3) is 0.455. The molecule has 35 heteroatoms. The third-order valence-electron chi connectivity index (χ3n) is 7.70. The number of hydrogen-bond acceptors (Lipinski definition) is 21. The molecule has 0 saturated carbocycles. The average molecular weight is 929 g/mol. The molecule has 312 valence electrons. The van der Waals surface area contributed by atoms with E-state index in [1.165, 1.54) is 23.0 Å². The van der Waals surface area contributed by atoms with Gasteiger partial charge in [0.2, 0.25) is 0 Å². The molecule has 2 aliphatic heterocycles. The maximum atomic E-state index is 15.0. The first kappa shape index (κ1) is 44.9. The van der Waals surface area contributed by atoms with Crippen LogP contribution in [0.4, 0.5) is 20.4 Å². The number of fused-ring (bicyclic) bond motifs is 2. The molecule has 0 aliphatic carbocycles. The predicted octanol–water partition coefficient (Wildman–Crippen LogP) is 2.49. The number of rotatable bonds is 12. The van der Waals surface area contributed by atoms with Crippen molar-refractivity contribution in [2.24, 2.45) is 10.2 Å². The Balaban J connectivity index is 0.000000267. The normalized spacial score (nSPS) is 29.4. The summed E-state index contributed by atoms with van der Waals surface area (Å²) in [6.07, 6.45) is -8.86. The molecule has 0 spiro atoms. The van der Waals surface area contributed by atoms with Crippen LogP contribution < -0.4 is 11.5 Å². The Bertz CT molecular complexity index is 2380. The molecule has 0 bridgehead atoms. The number of halogens is 2. The van der Waals surface area contributed by atoms with Gasteiger partial charge in [-0.1, -0.05) is 10.2 Å². The monoisotopic (exact) mass is 928 g/mol. The summed E-state index contributed by atoms with van der Waals surface area (Å²) in [6, 6.07) is 0. The van der Waals surface area contributed by atoms with Gasteiger partial charge in [-0.05, 0) is 21.8 Å². The largest absolute Gasteiger partial charge is 0.490 e. The Labute approximate surface area is 327 Å². The number of phosphoric ester groups is 1. The molecule has 2 fully saturated rings. The standard InChI is InChI=1S/C11H14FN6O12P3S.C11H11FN6O3S.H3P/c12-5-7(4-1-34-8-6(4)15-3-16-10(8)13)28-11(9(5)19,17-18-14)2-27-32(23,24)30-33(25,26)29-31(20,21)22;12-5-7(21-11(2-19,9(5)20)17-18-14)4-1-22-8-6(4)15-3-16-10(8)13;/h1,3,5,7,9,19H,2H2,(H,23,24)(H,25,26)(H2,13,15,16)(H2,20,21,22);1,3,5,7,9,19-20H,2H2,(H2,13,15,16);1H3/t2*5-,7-,9-,11+;/m00./s1/i;;1T. The third kappa shape index (κ3) is 9.65. The van der Waals surface area contributed by atoms with Gasteiger partial charge in [0.05, 0.1) is 34.9 Å². The number of anilines is 2. The van der Waals surface area contributed by atoms with E-state index in [4.69, 9.17) is 43.1 Å². The fourth-order valence-electron chi connectivity index (χ4n) is 5.29. The molecular weight excluding hydrogens is 898 g/mol. The van der Waals surface area contributed by atoms with Crippen LogP contribution in [-0.4, -0.2) is 105 Å². The number of nitrogens with zero attached hydrogens (tertiary/aromatic N) is 10. The molecule has 4 aromatic rings. The summed E-state index contributed by atoms with van der Waals surface area (Å²) in [5.74, 6) is 0.322. The van der Waals surface area contributed by atoms with Crippen LogP contribution in [0, 0.1) is 0 Å². The lowest BCUT2D eigenvalue weighted by atomic mass is 10.0. The highest BCUT2D eigenvalue weighted by atomic mass is 32.1. The van der Waals surface area contributed by atoms with E-state index in [-0.39, 0.29) is 22.7 Å². The van der Waals surface area contributed by atoms with Gasteiger partial charge in [-0.15, -0.1) is 22.7 Å². The lowest BCUT2D eigenvalue weighted by Crippen LogP contribution is -2.44. The van der Waals surface area contributed by atoms with E-state index in [0.717, 1.165) is 17.7 Å². The highest BCUT2D eigenvalue weighted by molar-refractivity contribution is 7.66. The third-order valence-corrected chi connectivity index (χ3v) is 13.5. The molecule has 11 N–H and O–H groups in total. The minimum atomic E-state index is -5.85. The van der Waals surface area contributed by atoms with Crippen LogP contribution in [0.3, 0.4) is 0 Å². The Hall–Kier alpha value is -3.20. The molecule has 57 heavy (non-hydrogen) atoms. The number of azide groups is 2. The maximum Gasteiger partial charge on any atom is 0.490 e.